The summed E-state index contributed by atoms with van der Waals surface area (Å²) < 4.78 is 16.6. The van der Waals surface area contributed by atoms with E-state index in [2.05, 4.69) is 21.1 Å². The van der Waals surface area contributed by atoms with Crippen molar-refractivity contribution in [3.8, 4) is 0 Å². The first-order chi connectivity index (χ1) is 6.84. The minimum atomic E-state index is -0.0763. The third-order valence-electron chi connectivity index (χ3n) is 2.08. The van der Waals surface area contributed by atoms with Crippen LogP contribution >= 0.6 is 15.9 Å². The predicted octanol–water partition coefficient (Wildman–Crippen LogP) is 2.48. The van der Waals surface area contributed by atoms with Crippen LogP contribution in [0.15, 0.2) is 15.2 Å². The van der Waals surface area contributed by atoms with Crippen molar-refractivity contribution in [3.63, 3.8) is 0 Å². The lowest BCUT2D eigenvalue weighted by Gasteiger charge is -2.21. The third kappa shape index (κ3) is 2.80. The van der Waals surface area contributed by atoms with Gasteiger partial charge in [0.1, 0.15) is 11.2 Å². The molecule has 1 atom stereocenters. The molecule has 1 aliphatic rings. The summed E-state index contributed by atoms with van der Waals surface area (Å²) in [6.07, 6.45) is 3.20. The Labute approximate surface area is 90.7 Å². The zero-order valence-corrected chi connectivity index (χ0v) is 9.33. The van der Waals surface area contributed by atoms with Crippen LogP contribution in [-0.2, 0) is 16.1 Å². The Kier molecular flexibility index (Phi) is 3.55. The largest absolute Gasteiger partial charge is 0.358 e. The molecule has 0 saturated carbocycles. The summed E-state index contributed by atoms with van der Waals surface area (Å²) in [5.41, 5.74) is 0. The van der Waals surface area contributed by atoms with Gasteiger partial charge in [-0.05, 0) is 35.2 Å². The summed E-state index contributed by atoms with van der Waals surface area (Å²) in [6.45, 7) is 1.22. The van der Waals surface area contributed by atoms with Crippen molar-refractivity contribution in [2.75, 3.05) is 6.61 Å². The maximum atomic E-state index is 5.51. The first-order valence-corrected chi connectivity index (χ1v) is 5.48. The number of rotatable bonds is 3. The molecule has 0 radical (unpaired) electrons. The van der Waals surface area contributed by atoms with Gasteiger partial charge in [-0.15, -0.1) is 0 Å². The number of hydrogen-bond donors (Lipinski definition) is 0. The monoisotopic (exact) mass is 261 g/mol. The van der Waals surface area contributed by atoms with Crippen LogP contribution in [0.4, 0.5) is 0 Å². The quantitative estimate of drug-likeness (QED) is 0.839. The van der Waals surface area contributed by atoms with Crippen LogP contribution in [0.25, 0.3) is 0 Å². The molecule has 0 N–H and O–H groups in total. The topological polar surface area (TPSA) is 44.5 Å². The fourth-order valence-corrected chi connectivity index (χ4v) is 1.70. The van der Waals surface area contributed by atoms with Crippen molar-refractivity contribution in [1.82, 2.24) is 5.16 Å². The fourth-order valence-electron chi connectivity index (χ4n) is 1.37. The van der Waals surface area contributed by atoms with Crippen molar-refractivity contribution < 1.29 is 14.0 Å². The summed E-state index contributed by atoms with van der Waals surface area (Å²) in [7, 11) is 0. The van der Waals surface area contributed by atoms with Crippen LogP contribution in [0.3, 0.4) is 0 Å². The second-order valence-corrected chi connectivity index (χ2v) is 4.04. The second-order valence-electron chi connectivity index (χ2n) is 3.22. The van der Waals surface area contributed by atoms with Gasteiger partial charge in [-0.3, -0.25) is 0 Å². The van der Waals surface area contributed by atoms with Gasteiger partial charge in [0, 0.05) is 12.7 Å². The molecule has 1 aromatic rings. The van der Waals surface area contributed by atoms with Gasteiger partial charge in [-0.25, -0.2) is 0 Å². The average molecular weight is 262 g/mol. The molecule has 1 saturated heterocycles. The lowest BCUT2D eigenvalue weighted by molar-refractivity contribution is -0.171. The van der Waals surface area contributed by atoms with E-state index in [-0.39, 0.29) is 6.29 Å². The van der Waals surface area contributed by atoms with Gasteiger partial charge in [0.05, 0.1) is 0 Å². The summed E-state index contributed by atoms with van der Waals surface area (Å²) in [5, 5.41) is 3.70. The molecule has 1 fully saturated rings. The Balaban J connectivity index is 1.76. The summed E-state index contributed by atoms with van der Waals surface area (Å²) >= 11 is 3.21. The molecule has 0 unspecified atom stereocenters. The lowest BCUT2D eigenvalue weighted by atomic mass is 10.2. The Morgan fingerprint density at radius 3 is 3.14 bits per heavy atom. The minimum absolute atomic E-state index is 0.0763. The molecule has 78 valence electrons. The first-order valence-electron chi connectivity index (χ1n) is 4.69. The van der Waals surface area contributed by atoms with E-state index in [1.807, 2.05) is 0 Å². The van der Waals surface area contributed by atoms with E-state index < -0.39 is 0 Å². The van der Waals surface area contributed by atoms with Crippen LogP contribution in [0.1, 0.15) is 25.0 Å². The summed E-state index contributed by atoms with van der Waals surface area (Å²) in [6, 6.07) is 1.79. The smallest absolute Gasteiger partial charge is 0.163 e. The van der Waals surface area contributed by atoms with Crippen LogP contribution in [0.2, 0.25) is 0 Å². The van der Waals surface area contributed by atoms with Crippen LogP contribution in [-0.4, -0.2) is 18.1 Å². The van der Waals surface area contributed by atoms with Gasteiger partial charge in [-0.1, -0.05) is 5.16 Å². The van der Waals surface area contributed by atoms with Crippen molar-refractivity contribution in [2.45, 2.75) is 32.2 Å². The molecule has 5 heteroatoms. The summed E-state index contributed by atoms with van der Waals surface area (Å²) in [4.78, 5) is 0. The van der Waals surface area contributed by atoms with Gasteiger partial charge in [0.2, 0.25) is 0 Å². The molecule has 1 aromatic heterocycles. The predicted molar refractivity (Wildman–Crippen MR) is 52.6 cm³/mol. The average Bonchev–Trinajstić information content (AvgIpc) is 2.63. The summed E-state index contributed by atoms with van der Waals surface area (Å²) in [5.74, 6) is 0.714. The van der Waals surface area contributed by atoms with Crippen molar-refractivity contribution in [3.05, 3.63) is 16.4 Å². The Bertz CT molecular complexity index is 283. The highest BCUT2D eigenvalue weighted by Crippen LogP contribution is 2.16. The number of aromatic nitrogens is 1. The van der Waals surface area contributed by atoms with Gasteiger partial charge in [-0.2, -0.15) is 0 Å². The molecule has 4 nitrogen and oxygen atoms in total. The molecule has 2 heterocycles. The Morgan fingerprint density at radius 2 is 2.50 bits per heavy atom. The van der Waals surface area contributed by atoms with Crippen molar-refractivity contribution in [1.29, 1.82) is 0 Å². The van der Waals surface area contributed by atoms with E-state index in [1.165, 1.54) is 6.42 Å². The fraction of sp³-hybridized carbons (Fsp3) is 0.667. The molecule has 14 heavy (non-hydrogen) atoms. The molecular weight excluding hydrogens is 250 g/mol. The molecule has 0 aromatic carbocycles. The molecule has 0 aliphatic carbocycles. The molecule has 2 rings (SSSR count). The standard InChI is InChI=1S/C9H12BrNO3/c10-8-5-7(14-11-8)6-13-9-3-1-2-4-12-9/h5,9H,1-4,6H2/t9-/m0/s1. The third-order valence-corrected chi connectivity index (χ3v) is 2.45. The SMILES string of the molecule is Brc1cc(CO[C@H]2CCCCO2)on1. The van der Waals surface area contributed by atoms with Gasteiger partial charge < -0.3 is 14.0 Å². The normalized spacial score (nSPS) is 22.5. The van der Waals surface area contributed by atoms with Crippen molar-refractivity contribution >= 4 is 15.9 Å². The van der Waals surface area contributed by atoms with Crippen LogP contribution in [0, 0.1) is 0 Å². The zero-order valence-electron chi connectivity index (χ0n) is 7.74. The molecule has 0 spiro atoms. The second kappa shape index (κ2) is 4.91. The zero-order chi connectivity index (χ0) is 9.80. The number of halogens is 1. The highest BCUT2D eigenvalue weighted by atomic mass is 79.9. The maximum Gasteiger partial charge on any atom is 0.163 e. The van der Waals surface area contributed by atoms with Gasteiger partial charge in [0.25, 0.3) is 0 Å². The molecule has 1 aliphatic heterocycles. The van der Waals surface area contributed by atoms with E-state index >= 15 is 0 Å². The van der Waals surface area contributed by atoms with Crippen LogP contribution in [0.5, 0.6) is 0 Å². The number of nitrogens with zero attached hydrogens (tertiary/aromatic N) is 1. The number of hydrogen-bond acceptors (Lipinski definition) is 4. The highest BCUT2D eigenvalue weighted by molar-refractivity contribution is 9.10. The van der Waals surface area contributed by atoms with E-state index in [0.29, 0.717) is 17.0 Å². The van der Waals surface area contributed by atoms with Gasteiger partial charge >= 0.3 is 0 Å². The van der Waals surface area contributed by atoms with Crippen LogP contribution < -0.4 is 0 Å². The molecular formula is C9H12BrNO3. The van der Waals surface area contributed by atoms with E-state index in [4.69, 9.17) is 14.0 Å². The molecule has 0 amide bonds. The Morgan fingerprint density at radius 1 is 1.57 bits per heavy atom. The maximum absolute atomic E-state index is 5.51. The minimum Gasteiger partial charge on any atom is -0.358 e. The first kappa shape index (κ1) is 10.1. The van der Waals surface area contributed by atoms with E-state index in [9.17, 15) is 0 Å². The molecule has 0 bridgehead atoms. The van der Waals surface area contributed by atoms with Crippen molar-refractivity contribution in [2.24, 2.45) is 0 Å². The highest BCUT2D eigenvalue weighted by Gasteiger charge is 2.14. The van der Waals surface area contributed by atoms with Gasteiger partial charge in [0.15, 0.2) is 12.1 Å². The van der Waals surface area contributed by atoms with E-state index in [0.717, 1.165) is 19.4 Å². The number of ether oxygens (including phenoxy) is 2. The Hall–Kier alpha value is -0.390. The van der Waals surface area contributed by atoms with E-state index in [1.54, 1.807) is 6.07 Å². The lowest BCUT2D eigenvalue weighted by Crippen LogP contribution is -2.21.